The third-order valence-electron chi connectivity index (χ3n) is 1.55. The van der Waals surface area contributed by atoms with Gasteiger partial charge in [0, 0.05) is 6.07 Å². The molecular formula is C10H14N2O6. The van der Waals surface area contributed by atoms with Gasteiger partial charge in [0.2, 0.25) is 0 Å². The number of rotatable bonds is 4. The van der Waals surface area contributed by atoms with Gasteiger partial charge in [-0.05, 0) is 12.1 Å². The quantitative estimate of drug-likeness (QED) is 0.451. The molecule has 0 aliphatic rings. The maximum absolute atomic E-state index is 9.10. The first kappa shape index (κ1) is 15.7. The van der Waals surface area contributed by atoms with Crippen LogP contribution in [0.15, 0.2) is 24.3 Å². The zero-order chi connectivity index (χ0) is 14.0. The minimum atomic E-state index is -1.82. The molecule has 0 amide bonds. The van der Waals surface area contributed by atoms with Crippen LogP contribution in [0.2, 0.25) is 0 Å². The van der Waals surface area contributed by atoms with E-state index in [1.165, 1.54) is 7.11 Å². The monoisotopic (exact) mass is 258 g/mol. The fourth-order valence-corrected chi connectivity index (χ4v) is 0.811. The van der Waals surface area contributed by atoms with Gasteiger partial charge in [0.15, 0.2) is 0 Å². The number of carbonyl (C=O) groups is 2. The van der Waals surface area contributed by atoms with Gasteiger partial charge in [-0.1, -0.05) is 6.07 Å². The maximum Gasteiger partial charge on any atom is 0.414 e. The van der Waals surface area contributed by atoms with Crippen molar-refractivity contribution in [1.82, 2.24) is 5.59 Å². The minimum absolute atomic E-state index is 0.804. The number of hydrazine groups is 1. The van der Waals surface area contributed by atoms with Gasteiger partial charge in [0.05, 0.1) is 19.9 Å². The Hall–Kier alpha value is -2.32. The zero-order valence-electron chi connectivity index (χ0n) is 9.84. The molecule has 0 unspecified atom stereocenters. The molecule has 1 rings (SSSR count). The Morgan fingerprint density at radius 1 is 1.17 bits per heavy atom. The van der Waals surface area contributed by atoms with Crippen molar-refractivity contribution in [3.8, 4) is 5.75 Å². The summed E-state index contributed by atoms with van der Waals surface area (Å²) in [5.74, 6) is -2.84. The highest BCUT2D eigenvalue weighted by Crippen LogP contribution is 2.15. The summed E-state index contributed by atoms with van der Waals surface area (Å²) in [6, 6.07) is 7.51. The van der Waals surface area contributed by atoms with E-state index in [1.54, 1.807) is 7.11 Å². The number of anilines is 1. The summed E-state index contributed by atoms with van der Waals surface area (Å²) < 4.78 is 5.03. The Morgan fingerprint density at radius 2 is 1.78 bits per heavy atom. The summed E-state index contributed by atoms with van der Waals surface area (Å²) in [7, 11) is 3.16. The van der Waals surface area contributed by atoms with Crippen LogP contribution in [0.5, 0.6) is 5.75 Å². The molecular weight excluding hydrogens is 244 g/mol. The molecule has 0 aliphatic heterocycles. The summed E-state index contributed by atoms with van der Waals surface area (Å²) in [5, 5.41) is 14.8. The molecule has 1 aromatic rings. The Balaban J connectivity index is 0.000000411. The fourth-order valence-electron chi connectivity index (χ4n) is 0.811. The molecule has 8 heteroatoms. The summed E-state index contributed by atoms with van der Waals surface area (Å²) in [6.45, 7) is 0. The smallest absolute Gasteiger partial charge is 0.414 e. The van der Waals surface area contributed by atoms with Crippen LogP contribution in [0.25, 0.3) is 0 Å². The molecule has 4 N–H and O–H groups in total. The summed E-state index contributed by atoms with van der Waals surface area (Å²) in [5.41, 5.74) is 6.21. The third kappa shape index (κ3) is 7.04. The van der Waals surface area contributed by atoms with E-state index in [2.05, 4.69) is 15.9 Å². The number of nitrogens with one attached hydrogen (secondary N) is 2. The maximum atomic E-state index is 9.10. The van der Waals surface area contributed by atoms with Crippen LogP contribution in [0, 0.1) is 0 Å². The first-order valence-electron chi connectivity index (χ1n) is 4.65. The van der Waals surface area contributed by atoms with Gasteiger partial charge < -0.3 is 14.9 Å². The van der Waals surface area contributed by atoms with Crippen molar-refractivity contribution >= 4 is 17.6 Å². The number of methoxy groups -OCH3 is 1. The zero-order valence-corrected chi connectivity index (χ0v) is 9.84. The van der Waals surface area contributed by atoms with Crippen LogP contribution in [-0.4, -0.2) is 36.4 Å². The topological polar surface area (TPSA) is 117 Å². The van der Waals surface area contributed by atoms with E-state index >= 15 is 0 Å². The molecule has 18 heavy (non-hydrogen) atoms. The van der Waals surface area contributed by atoms with Gasteiger partial charge in [-0.15, -0.1) is 5.59 Å². The standard InChI is InChI=1S/C8H12N2O2.C2H2O4/c1-11-8-5-3-4-7(6-8)9-10-12-2;3-1(4)2(5)6/h3-6,9-10H,1-2H3;(H,3,4)(H,5,6). The van der Waals surface area contributed by atoms with E-state index in [0.717, 1.165) is 11.4 Å². The van der Waals surface area contributed by atoms with Gasteiger partial charge in [-0.3, -0.25) is 10.3 Å². The Morgan fingerprint density at radius 3 is 2.22 bits per heavy atom. The molecule has 0 aromatic heterocycles. The molecule has 0 saturated heterocycles. The van der Waals surface area contributed by atoms with Gasteiger partial charge in [-0.2, -0.15) is 0 Å². The lowest BCUT2D eigenvalue weighted by Crippen LogP contribution is -2.19. The van der Waals surface area contributed by atoms with Crippen LogP contribution in [-0.2, 0) is 14.4 Å². The summed E-state index contributed by atoms with van der Waals surface area (Å²) in [4.78, 5) is 22.8. The SMILES string of the molecule is CONNc1cccc(OC)c1.O=C(O)C(=O)O. The van der Waals surface area contributed by atoms with Crippen LogP contribution in [0.3, 0.4) is 0 Å². The van der Waals surface area contributed by atoms with Gasteiger partial charge in [0.25, 0.3) is 0 Å². The van der Waals surface area contributed by atoms with E-state index in [-0.39, 0.29) is 0 Å². The Bertz CT molecular complexity index is 384. The molecule has 100 valence electrons. The number of hydrogen-bond donors (Lipinski definition) is 4. The largest absolute Gasteiger partial charge is 0.497 e. The molecule has 0 fully saturated rings. The predicted molar refractivity (Wildman–Crippen MR) is 62.0 cm³/mol. The van der Waals surface area contributed by atoms with Gasteiger partial charge in [-0.25, -0.2) is 9.59 Å². The van der Waals surface area contributed by atoms with Crippen molar-refractivity contribution in [3.05, 3.63) is 24.3 Å². The van der Waals surface area contributed by atoms with E-state index < -0.39 is 11.9 Å². The van der Waals surface area contributed by atoms with Crippen LogP contribution in [0.4, 0.5) is 5.69 Å². The van der Waals surface area contributed by atoms with Crippen LogP contribution < -0.4 is 15.8 Å². The number of hydrogen-bond acceptors (Lipinski definition) is 6. The summed E-state index contributed by atoms with van der Waals surface area (Å²) in [6.07, 6.45) is 0. The number of carboxylic acids is 2. The second kappa shape index (κ2) is 8.79. The summed E-state index contributed by atoms with van der Waals surface area (Å²) >= 11 is 0. The molecule has 1 aromatic carbocycles. The van der Waals surface area contributed by atoms with Crippen molar-refractivity contribution in [1.29, 1.82) is 0 Å². The van der Waals surface area contributed by atoms with E-state index in [4.69, 9.17) is 24.5 Å². The second-order valence-electron chi connectivity index (χ2n) is 2.77. The molecule has 0 saturated carbocycles. The van der Waals surface area contributed by atoms with Crippen molar-refractivity contribution < 1.29 is 29.4 Å². The second-order valence-corrected chi connectivity index (χ2v) is 2.77. The Labute approximate surface area is 103 Å². The van der Waals surface area contributed by atoms with E-state index in [1.807, 2.05) is 24.3 Å². The highest BCUT2D eigenvalue weighted by atomic mass is 16.7. The number of carboxylic acid groups (broad SMARTS) is 2. The van der Waals surface area contributed by atoms with Gasteiger partial charge >= 0.3 is 11.9 Å². The van der Waals surface area contributed by atoms with Crippen molar-refractivity contribution in [2.45, 2.75) is 0 Å². The molecule has 0 spiro atoms. The number of ether oxygens (including phenoxy) is 1. The lowest BCUT2D eigenvalue weighted by molar-refractivity contribution is -0.159. The number of benzene rings is 1. The van der Waals surface area contributed by atoms with E-state index in [0.29, 0.717) is 0 Å². The Kier molecular flexibility index (Phi) is 7.66. The van der Waals surface area contributed by atoms with Crippen LogP contribution in [0.1, 0.15) is 0 Å². The highest BCUT2D eigenvalue weighted by molar-refractivity contribution is 6.27. The van der Waals surface area contributed by atoms with Gasteiger partial charge in [0.1, 0.15) is 5.75 Å². The molecule has 0 aliphatic carbocycles. The van der Waals surface area contributed by atoms with E-state index in [9.17, 15) is 0 Å². The fraction of sp³-hybridized carbons (Fsp3) is 0.200. The average Bonchev–Trinajstić information content (AvgIpc) is 2.37. The normalized spacial score (nSPS) is 8.78. The lowest BCUT2D eigenvalue weighted by Gasteiger charge is -2.06. The molecule has 0 radical (unpaired) electrons. The minimum Gasteiger partial charge on any atom is -0.497 e. The first-order valence-corrected chi connectivity index (χ1v) is 4.65. The molecule has 0 bridgehead atoms. The van der Waals surface area contributed by atoms with Crippen LogP contribution >= 0.6 is 0 Å². The van der Waals surface area contributed by atoms with Crippen molar-refractivity contribution in [3.63, 3.8) is 0 Å². The highest BCUT2D eigenvalue weighted by Gasteiger charge is 2.04. The average molecular weight is 258 g/mol. The lowest BCUT2D eigenvalue weighted by atomic mass is 10.3. The predicted octanol–water partition coefficient (Wildman–Crippen LogP) is 0.329. The third-order valence-corrected chi connectivity index (χ3v) is 1.55. The van der Waals surface area contributed by atoms with Crippen molar-refractivity contribution in [2.75, 3.05) is 19.6 Å². The number of aliphatic carboxylic acids is 2. The molecule has 8 nitrogen and oxygen atoms in total. The van der Waals surface area contributed by atoms with Crippen molar-refractivity contribution in [2.24, 2.45) is 0 Å². The molecule has 0 heterocycles. The molecule has 0 atom stereocenters. The first-order chi connectivity index (χ1) is 8.51.